The van der Waals surface area contributed by atoms with Crippen LogP contribution in [0.5, 0.6) is 5.75 Å². The van der Waals surface area contributed by atoms with Crippen LogP contribution in [-0.2, 0) is 11.3 Å². The molecule has 4 nitrogen and oxygen atoms in total. The first-order valence-electron chi connectivity index (χ1n) is 5.67. The van der Waals surface area contributed by atoms with Crippen molar-refractivity contribution in [3.05, 3.63) is 57.8 Å². The number of carbonyl (C=O) groups is 1. The van der Waals surface area contributed by atoms with Crippen LogP contribution in [0.1, 0.15) is 15.9 Å². The largest absolute Gasteiger partial charge is 0.508 e. The van der Waals surface area contributed by atoms with Gasteiger partial charge in [-0.25, -0.2) is 9.18 Å². The van der Waals surface area contributed by atoms with Gasteiger partial charge >= 0.3 is 5.97 Å². The molecule has 0 aliphatic rings. The predicted octanol–water partition coefficient (Wildman–Crippen LogP) is 3.23. The normalized spacial score (nSPS) is 10.3. The van der Waals surface area contributed by atoms with E-state index in [4.69, 9.17) is 15.6 Å². The van der Waals surface area contributed by atoms with Crippen LogP contribution in [0, 0.1) is 5.82 Å². The summed E-state index contributed by atoms with van der Waals surface area (Å²) in [6, 6.07) is 8.60. The van der Waals surface area contributed by atoms with E-state index in [1.54, 1.807) is 12.1 Å². The topological polar surface area (TPSA) is 72.6 Å². The van der Waals surface area contributed by atoms with Gasteiger partial charge in [-0.05, 0) is 45.8 Å². The summed E-state index contributed by atoms with van der Waals surface area (Å²) in [5.41, 5.74) is 6.18. The molecular weight excluding hydrogens is 329 g/mol. The Bertz CT molecular complexity index is 644. The number of phenolic OH excluding ortho intramolecular Hbond substituents is 1. The van der Waals surface area contributed by atoms with Gasteiger partial charge < -0.3 is 15.6 Å². The molecule has 20 heavy (non-hydrogen) atoms. The summed E-state index contributed by atoms with van der Waals surface area (Å²) in [4.78, 5) is 11.9. The minimum Gasteiger partial charge on any atom is -0.508 e. The molecule has 104 valence electrons. The van der Waals surface area contributed by atoms with E-state index in [-0.39, 0.29) is 28.1 Å². The third kappa shape index (κ3) is 3.27. The maximum absolute atomic E-state index is 13.2. The van der Waals surface area contributed by atoms with E-state index in [9.17, 15) is 9.18 Å². The van der Waals surface area contributed by atoms with Crippen LogP contribution < -0.4 is 5.73 Å². The summed E-state index contributed by atoms with van der Waals surface area (Å²) in [6.07, 6.45) is 0. The van der Waals surface area contributed by atoms with Crippen LogP contribution in [0.3, 0.4) is 0 Å². The van der Waals surface area contributed by atoms with Crippen molar-refractivity contribution in [1.82, 2.24) is 0 Å². The summed E-state index contributed by atoms with van der Waals surface area (Å²) in [7, 11) is 0. The van der Waals surface area contributed by atoms with Crippen LogP contribution in [0.4, 0.5) is 10.1 Å². The zero-order valence-corrected chi connectivity index (χ0v) is 11.9. The quantitative estimate of drug-likeness (QED) is 0.665. The Hall–Kier alpha value is -2.08. The average Bonchev–Trinajstić information content (AvgIpc) is 2.42. The van der Waals surface area contributed by atoms with Crippen molar-refractivity contribution in [3.8, 4) is 5.75 Å². The number of benzene rings is 2. The fraction of sp³-hybridized carbons (Fsp3) is 0.0714. The first-order chi connectivity index (χ1) is 9.47. The maximum Gasteiger partial charge on any atom is 0.339 e. The van der Waals surface area contributed by atoms with Crippen molar-refractivity contribution in [2.24, 2.45) is 0 Å². The number of nitrogen functional groups attached to an aromatic ring is 1. The van der Waals surface area contributed by atoms with E-state index < -0.39 is 11.8 Å². The van der Waals surface area contributed by atoms with E-state index in [1.807, 2.05) is 0 Å². The van der Waals surface area contributed by atoms with Gasteiger partial charge in [0.2, 0.25) is 0 Å². The molecule has 0 amide bonds. The summed E-state index contributed by atoms with van der Waals surface area (Å²) >= 11 is 3.09. The molecule has 0 aliphatic heterocycles. The highest BCUT2D eigenvalue weighted by Gasteiger charge is 2.14. The molecule has 3 N–H and O–H groups in total. The van der Waals surface area contributed by atoms with Crippen molar-refractivity contribution in [2.45, 2.75) is 6.61 Å². The van der Waals surface area contributed by atoms with Crippen molar-refractivity contribution in [1.29, 1.82) is 0 Å². The Morgan fingerprint density at radius 1 is 1.30 bits per heavy atom. The zero-order valence-electron chi connectivity index (χ0n) is 10.3. The number of halogens is 2. The van der Waals surface area contributed by atoms with Gasteiger partial charge in [0.25, 0.3) is 0 Å². The van der Waals surface area contributed by atoms with Gasteiger partial charge in [-0.3, -0.25) is 0 Å². The van der Waals surface area contributed by atoms with Crippen molar-refractivity contribution in [2.75, 3.05) is 5.73 Å². The number of hydrogen-bond acceptors (Lipinski definition) is 4. The monoisotopic (exact) mass is 339 g/mol. The molecule has 6 heteroatoms. The van der Waals surface area contributed by atoms with Crippen LogP contribution >= 0.6 is 15.9 Å². The van der Waals surface area contributed by atoms with Gasteiger partial charge in [-0.2, -0.15) is 0 Å². The molecule has 2 aromatic carbocycles. The molecule has 0 bridgehead atoms. The van der Waals surface area contributed by atoms with E-state index in [0.717, 1.165) is 11.6 Å². The summed E-state index contributed by atoms with van der Waals surface area (Å²) < 4.78 is 18.6. The van der Waals surface area contributed by atoms with Gasteiger partial charge in [-0.15, -0.1) is 0 Å². The summed E-state index contributed by atoms with van der Waals surface area (Å²) in [5, 5.41) is 9.14. The van der Waals surface area contributed by atoms with Gasteiger partial charge in [-0.1, -0.05) is 12.1 Å². The molecular formula is C14H11BrFNO3. The highest BCUT2D eigenvalue weighted by Crippen LogP contribution is 2.24. The molecule has 0 unspecified atom stereocenters. The number of nitrogens with two attached hydrogens (primary N) is 1. The maximum atomic E-state index is 13.2. The summed E-state index contributed by atoms with van der Waals surface area (Å²) in [5.74, 6) is -1.09. The standard InChI is InChI=1S/C14H11BrFNO3/c15-11-6-12(16)13(17)5-10(11)14(19)20-7-8-1-3-9(18)4-2-8/h1-6,18H,7,17H2. The second kappa shape index (κ2) is 5.92. The second-order valence-electron chi connectivity index (χ2n) is 4.10. The van der Waals surface area contributed by atoms with E-state index in [0.29, 0.717) is 0 Å². The lowest BCUT2D eigenvalue weighted by molar-refractivity contribution is 0.0471. The van der Waals surface area contributed by atoms with E-state index in [1.165, 1.54) is 18.2 Å². The number of esters is 1. The molecule has 0 fully saturated rings. The lowest BCUT2D eigenvalue weighted by Crippen LogP contribution is -2.07. The number of phenols is 1. The molecule has 0 aromatic heterocycles. The molecule has 2 aromatic rings. The van der Waals surface area contributed by atoms with Gasteiger partial charge in [0.15, 0.2) is 0 Å². The third-order valence-electron chi connectivity index (χ3n) is 2.61. The number of ether oxygens (including phenoxy) is 1. The number of carbonyl (C=O) groups excluding carboxylic acids is 1. The molecule has 0 atom stereocenters. The fourth-order valence-electron chi connectivity index (χ4n) is 1.54. The number of hydrogen-bond donors (Lipinski definition) is 2. The highest BCUT2D eigenvalue weighted by molar-refractivity contribution is 9.10. The number of anilines is 1. The minimum absolute atomic E-state index is 0.0445. The Balaban J connectivity index is 2.09. The molecule has 0 heterocycles. The van der Waals surface area contributed by atoms with Crippen LogP contribution in [0.2, 0.25) is 0 Å². The van der Waals surface area contributed by atoms with Crippen LogP contribution in [0.25, 0.3) is 0 Å². The average molecular weight is 340 g/mol. The summed E-state index contributed by atoms with van der Waals surface area (Å²) in [6.45, 7) is 0.0445. The lowest BCUT2D eigenvalue weighted by Gasteiger charge is -2.08. The van der Waals surface area contributed by atoms with Gasteiger partial charge in [0, 0.05) is 4.47 Å². The minimum atomic E-state index is -0.614. The molecule has 0 saturated carbocycles. The van der Waals surface area contributed by atoms with Crippen molar-refractivity contribution in [3.63, 3.8) is 0 Å². The Morgan fingerprint density at radius 3 is 2.60 bits per heavy atom. The van der Waals surface area contributed by atoms with Crippen LogP contribution in [-0.4, -0.2) is 11.1 Å². The molecule has 2 rings (SSSR count). The second-order valence-corrected chi connectivity index (χ2v) is 4.95. The lowest BCUT2D eigenvalue weighted by atomic mass is 10.2. The Kier molecular flexibility index (Phi) is 4.24. The van der Waals surface area contributed by atoms with Gasteiger partial charge in [0.1, 0.15) is 18.2 Å². The Morgan fingerprint density at radius 2 is 1.95 bits per heavy atom. The number of aromatic hydroxyl groups is 1. The molecule has 0 spiro atoms. The van der Waals surface area contributed by atoms with Gasteiger partial charge in [0.05, 0.1) is 11.3 Å². The Labute approximate surface area is 123 Å². The zero-order chi connectivity index (χ0) is 14.7. The van der Waals surface area contributed by atoms with E-state index >= 15 is 0 Å². The fourth-order valence-corrected chi connectivity index (χ4v) is 2.02. The predicted molar refractivity (Wildman–Crippen MR) is 75.7 cm³/mol. The smallest absolute Gasteiger partial charge is 0.339 e. The number of rotatable bonds is 3. The molecule has 0 saturated heterocycles. The van der Waals surface area contributed by atoms with Crippen molar-refractivity contribution >= 4 is 27.6 Å². The molecule has 0 radical (unpaired) electrons. The van der Waals surface area contributed by atoms with E-state index in [2.05, 4.69) is 15.9 Å². The molecule has 0 aliphatic carbocycles. The highest BCUT2D eigenvalue weighted by atomic mass is 79.9. The first kappa shape index (κ1) is 14.3. The first-order valence-corrected chi connectivity index (χ1v) is 6.46. The van der Waals surface area contributed by atoms with Crippen LogP contribution in [0.15, 0.2) is 40.9 Å². The third-order valence-corrected chi connectivity index (χ3v) is 3.27. The SMILES string of the molecule is Nc1cc(C(=O)OCc2ccc(O)cc2)c(Br)cc1F. The van der Waals surface area contributed by atoms with Crippen molar-refractivity contribution < 1.29 is 19.0 Å².